The molecule has 6 heteroatoms. The Balaban J connectivity index is 2.63. The quantitative estimate of drug-likeness (QED) is 0.318. The van der Waals surface area contributed by atoms with Gasteiger partial charge in [-0.05, 0) is 0 Å². The Kier molecular flexibility index (Phi) is 3.33. The molecule has 5 atom stereocenters. The molecule has 0 spiro atoms. The molecule has 0 amide bonds. The topological polar surface area (TPSA) is 101 Å². The minimum absolute atomic E-state index is 0.341. The van der Waals surface area contributed by atoms with Gasteiger partial charge >= 0.3 is 0 Å². The highest BCUT2D eigenvalue weighted by atomic mass is 32.2. The van der Waals surface area contributed by atoms with Crippen LogP contribution in [0.2, 0.25) is 0 Å². The summed E-state index contributed by atoms with van der Waals surface area (Å²) in [5.74, 6) is 0. The minimum Gasteiger partial charge on any atom is -0.395 e. The van der Waals surface area contributed by atoms with Crippen molar-refractivity contribution in [3.63, 3.8) is 0 Å². The Bertz CT molecular complexity index is 150. The van der Waals surface area contributed by atoms with Crippen LogP contribution in [-0.4, -0.2) is 61.1 Å². The van der Waals surface area contributed by atoms with Crippen LogP contribution in [0.5, 0.6) is 0 Å². The first kappa shape index (κ1) is 10.2. The highest BCUT2D eigenvalue weighted by Crippen LogP contribution is 2.30. The molecule has 1 saturated heterocycles. The molecular formula is C6H12O5S. The average Bonchev–Trinajstić information content (AvgIpc) is 2.08. The molecule has 1 fully saturated rings. The fraction of sp³-hybridized carbons (Fsp3) is 1.00. The summed E-state index contributed by atoms with van der Waals surface area (Å²) >= 11 is 0.852. The molecule has 0 saturated carbocycles. The maximum Gasteiger partial charge on any atom is 0.128 e. The molecule has 0 bridgehead atoms. The number of rotatable bonds is 1. The van der Waals surface area contributed by atoms with Crippen LogP contribution in [0.1, 0.15) is 0 Å². The van der Waals surface area contributed by atoms with Gasteiger partial charge in [-0.1, -0.05) is 0 Å². The van der Waals surface area contributed by atoms with Crippen LogP contribution in [0, 0.1) is 0 Å². The molecule has 0 unspecified atom stereocenters. The van der Waals surface area contributed by atoms with E-state index in [2.05, 4.69) is 0 Å². The Morgan fingerprint density at radius 1 is 0.917 bits per heavy atom. The molecule has 5 N–H and O–H groups in total. The third-order valence-corrected chi connectivity index (χ3v) is 3.20. The van der Waals surface area contributed by atoms with Crippen molar-refractivity contribution in [1.29, 1.82) is 0 Å². The normalized spacial score (nSPS) is 49.2. The third-order valence-electron chi connectivity index (χ3n) is 1.87. The van der Waals surface area contributed by atoms with E-state index in [0.717, 1.165) is 11.8 Å². The van der Waals surface area contributed by atoms with E-state index < -0.39 is 29.0 Å². The van der Waals surface area contributed by atoms with Gasteiger partial charge in [-0.25, -0.2) is 0 Å². The second kappa shape index (κ2) is 3.91. The zero-order valence-electron chi connectivity index (χ0n) is 6.24. The van der Waals surface area contributed by atoms with Crippen LogP contribution < -0.4 is 0 Å². The smallest absolute Gasteiger partial charge is 0.128 e. The standard InChI is InChI=1S/C6H12O5S/c7-1-2-3(8)4(9)5(10)6(11)12-2/h2-11H,1H2/t2-,3+,4-,5+,6-/m0/s1. The van der Waals surface area contributed by atoms with E-state index in [0.29, 0.717) is 0 Å². The van der Waals surface area contributed by atoms with Gasteiger partial charge < -0.3 is 25.5 Å². The molecule has 0 radical (unpaired) electrons. The lowest BCUT2D eigenvalue weighted by Gasteiger charge is -2.36. The van der Waals surface area contributed by atoms with Gasteiger partial charge in [-0.2, -0.15) is 0 Å². The molecule has 0 aliphatic carbocycles. The van der Waals surface area contributed by atoms with Crippen LogP contribution in [0.15, 0.2) is 0 Å². The van der Waals surface area contributed by atoms with Gasteiger partial charge in [0, 0.05) is 0 Å². The highest BCUT2D eigenvalue weighted by molar-refractivity contribution is 8.00. The molecule has 0 aromatic heterocycles. The molecule has 0 aromatic carbocycles. The van der Waals surface area contributed by atoms with E-state index in [9.17, 15) is 5.11 Å². The first-order valence-electron chi connectivity index (χ1n) is 3.56. The number of hydrogen-bond acceptors (Lipinski definition) is 6. The van der Waals surface area contributed by atoms with E-state index in [1.807, 2.05) is 0 Å². The molecule has 72 valence electrons. The monoisotopic (exact) mass is 196 g/mol. The van der Waals surface area contributed by atoms with Gasteiger partial charge in [0.05, 0.1) is 18.0 Å². The Labute approximate surface area is 73.7 Å². The second-order valence-corrected chi connectivity index (χ2v) is 4.08. The van der Waals surface area contributed by atoms with Crippen LogP contribution in [0.3, 0.4) is 0 Å². The summed E-state index contributed by atoms with van der Waals surface area (Å²) in [5, 5.41) is 44.6. The number of hydrogen-bond donors (Lipinski definition) is 5. The maximum atomic E-state index is 9.22. The summed E-state index contributed by atoms with van der Waals surface area (Å²) in [5.41, 5.74) is -1.15. The van der Waals surface area contributed by atoms with Gasteiger partial charge in [0.1, 0.15) is 17.6 Å². The molecule has 1 aliphatic rings. The summed E-state index contributed by atoms with van der Waals surface area (Å²) < 4.78 is 0. The SMILES string of the molecule is OC[C@@H]1S[C@H](O)[C@H](O)[C@@H](O)[C@@H]1O. The largest absolute Gasteiger partial charge is 0.395 e. The van der Waals surface area contributed by atoms with Crippen molar-refractivity contribution in [2.75, 3.05) is 6.61 Å². The first-order valence-corrected chi connectivity index (χ1v) is 4.50. The average molecular weight is 196 g/mol. The van der Waals surface area contributed by atoms with Crippen molar-refractivity contribution < 1.29 is 25.5 Å². The lowest BCUT2D eigenvalue weighted by atomic mass is 10.0. The van der Waals surface area contributed by atoms with E-state index in [1.54, 1.807) is 0 Å². The fourth-order valence-electron chi connectivity index (χ4n) is 1.08. The first-order chi connectivity index (χ1) is 5.57. The zero-order chi connectivity index (χ0) is 9.30. The van der Waals surface area contributed by atoms with E-state index >= 15 is 0 Å². The van der Waals surface area contributed by atoms with Gasteiger partial charge in [-0.3, -0.25) is 0 Å². The molecule has 1 rings (SSSR count). The van der Waals surface area contributed by atoms with E-state index in [1.165, 1.54) is 0 Å². The number of aliphatic hydroxyl groups is 5. The van der Waals surface area contributed by atoms with E-state index in [-0.39, 0.29) is 6.61 Å². The maximum absolute atomic E-state index is 9.22. The van der Waals surface area contributed by atoms with Crippen molar-refractivity contribution in [3.05, 3.63) is 0 Å². The molecular weight excluding hydrogens is 184 g/mol. The van der Waals surface area contributed by atoms with Crippen molar-refractivity contribution >= 4 is 11.8 Å². The molecule has 1 aliphatic heterocycles. The Hall–Kier alpha value is 0.150. The highest BCUT2D eigenvalue weighted by Gasteiger charge is 2.42. The molecule has 0 aromatic rings. The molecule has 12 heavy (non-hydrogen) atoms. The summed E-state index contributed by atoms with van der Waals surface area (Å²) in [4.78, 5) is 0. The van der Waals surface area contributed by atoms with Crippen molar-refractivity contribution in [3.8, 4) is 0 Å². The summed E-state index contributed by atoms with van der Waals surface area (Å²) in [6.45, 7) is -0.341. The van der Waals surface area contributed by atoms with Gasteiger partial charge in [0.15, 0.2) is 0 Å². The minimum atomic E-state index is -1.39. The predicted octanol–water partition coefficient (Wildman–Crippen LogP) is -2.50. The van der Waals surface area contributed by atoms with Crippen molar-refractivity contribution in [1.82, 2.24) is 0 Å². The lowest BCUT2D eigenvalue weighted by molar-refractivity contribution is -0.0953. The summed E-state index contributed by atoms with van der Waals surface area (Å²) in [6, 6.07) is 0. The van der Waals surface area contributed by atoms with E-state index in [4.69, 9.17) is 20.4 Å². The second-order valence-electron chi connectivity index (χ2n) is 2.72. The fourth-order valence-corrected chi connectivity index (χ4v) is 2.17. The van der Waals surface area contributed by atoms with Crippen LogP contribution >= 0.6 is 11.8 Å². The van der Waals surface area contributed by atoms with Gasteiger partial charge in [0.25, 0.3) is 0 Å². The van der Waals surface area contributed by atoms with Crippen LogP contribution in [0.25, 0.3) is 0 Å². The Morgan fingerprint density at radius 3 is 2.00 bits per heavy atom. The Morgan fingerprint density at radius 2 is 1.50 bits per heavy atom. The van der Waals surface area contributed by atoms with Crippen LogP contribution in [0.4, 0.5) is 0 Å². The van der Waals surface area contributed by atoms with Crippen molar-refractivity contribution in [2.24, 2.45) is 0 Å². The van der Waals surface area contributed by atoms with Crippen molar-refractivity contribution in [2.45, 2.75) is 29.0 Å². The van der Waals surface area contributed by atoms with Gasteiger partial charge in [0.2, 0.25) is 0 Å². The lowest BCUT2D eigenvalue weighted by Crippen LogP contribution is -2.53. The van der Waals surface area contributed by atoms with Crippen LogP contribution in [-0.2, 0) is 0 Å². The predicted molar refractivity (Wildman–Crippen MR) is 42.5 cm³/mol. The molecule has 1 heterocycles. The third kappa shape index (κ3) is 1.73. The zero-order valence-corrected chi connectivity index (χ0v) is 7.05. The van der Waals surface area contributed by atoms with Gasteiger partial charge in [-0.15, -0.1) is 11.8 Å². The summed E-state index contributed by atoms with van der Waals surface area (Å²) in [6.07, 6.45) is -3.94. The molecule has 5 nitrogen and oxygen atoms in total. The number of aliphatic hydroxyl groups excluding tert-OH is 5. The summed E-state index contributed by atoms with van der Waals surface area (Å²) in [7, 11) is 0. The number of thioether (sulfide) groups is 1.